The van der Waals surface area contributed by atoms with Crippen LogP contribution in [0.3, 0.4) is 0 Å². The van der Waals surface area contributed by atoms with Crippen molar-refractivity contribution in [3.63, 3.8) is 0 Å². The number of amidine groups is 1. The van der Waals surface area contributed by atoms with Crippen molar-refractivity contribution in [1.82, 2.24) is 5.32 Å². The van der Waals surface area contributed by atoms with Gasteiger partial charge in [-0.2, -0.15) is 0 Å². The summed E-state index contributed by atoms with van der Waals surface area (Å²) in [6, 6.07) is 16.5. The molecule has 1 aliphatic heterocycles. The molecule has 0 radical (unpaired) electrons. The number of hydrogen-bond donors (Lipinski definition) is 1. The maximum absolute atomic E-state index is 12.2. The van der Waals surface area contributed by atoms with Crippen molar-refractivity contribution in [3.05, 3.63) is 79.8 Å². The van der Waals surface area contributed by atoms with Crippen molar-refractivity contribution < 1.29 is 9.21 Å². The Morgan fingerprint density at radius 1 is 1.04 bits per heavy atom. The van der Waals surface area contributed by atoms with Gasteiger partial charge in [0.1, 0.15) is 11.5 Å². The van der Waals surface area contributed by atoms with Gasteiger partial charge in [0.2, 0.25) is 0 Å². The van der Waals surface area contributed by atoms with Gasteiger partial charge in [0.05, 0.1) is 20.6 Å². The topological polar surface area (TPSA) is 54.6 Å². The van der Waals surface area contributed by atoms with Crippen molar-refractivity contribution in [3.8, 4) is 11.3 Å². The van der Waals surface area contributed by atoms with Crippen LogP contribution in [0.25, 0.3) is 17.4 Å². The molecule has 1 N–H and O–H groups in total. The molecular formula is C20H11BrCl2N2O2S. The molecule has 2 aromatic carbocycles. The zero-order chi connectivity index (χ0) is 19.7. The third-order valence-corrected chi connectivity index (χ3v) is 5.99. The van der Waals surface area contributed by atoms with Crippen LogP contribution in [-0.4, -0.2) is 11.1 Å². The third-order valence-electron chi connectivity index (χ3n) is 3.81. The Morgan fingerprint density at radius 3 is 2.57 bits per heavy atom. The standard InChI is InChI=1S/C20H11BrCl2N2O2S/c21-12-3-1-11(2-4-12)17-8-6-14(27-17)10-18-19(26)25-20(28-18)24-13-5-7-15(22)16(23)9-13/h1-10H,(H,24,25,26)/b18-10+. The first-order chi connectivity index (χ1) is 13.5. The van der Waals surface area contributed by atoms with Gasteiger partial charge in [-0.25, -0.2) is 4.99 Å². The maximum atomic E-state index is 12.2. The Labute approximate surface area is 183 Å². The Balaban J connectivity index is 1.54. The highest BCUT2D eigenvalue weighted by atomic mass is 79.9. The van der Waals surface area contributed by atoms with Gasteiger partial charge < -0.3 is 9.73 Å². The number of nitrogens with zero attached hydrogens (tertiary/aromatic N) is 1. The van der Waals surface area contributed by atoms with Crippen LogP contribution < -0.4 is 5.32 Å². The summed E-state index contributed by atoms with van der Waals surface area (Å²) in [7, 11) is 0. The number of thioether (sulfide) groups is 1. The number of hydrogen-bond acceptors (Lipinski definition) is 4. The van der Waals surface area contributed by atoms with Crippen LogP contribution in [0.5, 0.6) is 0 Å². The quantitative estimate of drug-likeness (QED) is 0.403. The molecule has 4 nitrogen and oxygen atoms in total. The minimum absolute atomic E-state index is 0.231. The van der Waals surface area contributed by atoms with Crippen molar-refractivity contribution in [1.29, 1.82) is 0 Å². The fourth-order valence-electron chi connectivity index (χ4n) is 2.48. The monoisotopic (exact) mass is 492 g/mol. The molecule has 0 aliphatic carbocycles. The molecule has 28 heavy (non-hydrogen) atoms. The number of carbonyl (C=O) groups is 1. The molecule has 1 saturated heterocycles. The zero-order valence-electron chi connectivity index (χ0n) is 14.1. The number of furan rings is 1. The molecule has 1 fully saturated rings. The normalized spacial score (nSPS) is 16.8. The highest BCUT2D eigenvalue weighted by molar-refractivity contribution is 9.10. The minimum Gasteiger partial charge on any atom is -0.457 e. The van der Waals surface area contributed by atoms with Gasteiger partial charge in [0.15, 0.2) is 5.17 Å². The molecule has 0 unspecified atom stereocenters. The fourth-order valence-corrected chi connectivity index (χ4v) is 3.86. The van der Waals surface area contributed by atoms with Crippen molar-refractivity contribution >= 4 is 73.7 Å². The highest BCUT2D eigenvalue weighted by Gasteiger charge is 2.24. The first kappa shape index (κ1) is 19.3. The summed E-state index contributed by atoms with van der Waals surface area (Å²) >= 11 is 16.6. The number of nitrogens with one attached hydrogen (secondary N) is 1. The smallest absolute Gasteiger partial charge is 0.264 e. The summed E-state index contributed by atoms with van der Waals surface area (Å²) in [6.45, 7) is 0. The molecule has 0 saturated carbocycles. The van der Waals surface area contributed by atoms with Gasteiger partial charge in [-0.3, -0.25) is 4.79 Å². The molecule has 1 amide bonds. The predicted molar refractivity (Wildman–Crippen MR) is 119 cm³/mol. The van der Waals surface area contributed by atoms with E-state index in [0.29, 0.717) is 31.6 Å². The molecule has 8 heteroatoms. The van der Waals surface area contributed by atoms with E-state index in [4.69, 9.17) is 27.6 Å². The van der Waals surface area contributed by atoms with E-state index in [1.54, 1.807) is 24.3 Å². The minimum atomic E-state index is -0.231. The van der Waals surface area contributed by atoms with E-state index in [0.717, 1.165) is 15.8 Å². The van der Waals surface area contributed by atoms with Gasteiger partial charge in [-0.15, -0.1) is 0 Å². The summed E-state index contributed by atoms with van der Waals surface area (Å²) in [5.74, 6) is 1.09. The number of carbonyl (C=O) groups excluding carboxylic acids is 1. The first-order valence-corrected chi connectivity index (χ1v) is 10.4. The second-order valence-corrected chi connectivity index (χ2v) is 8.55. The van der Waals surface area contributed by atoms with E-state index in [9.17, 15) is 4.79 Å². The van der Waals surface area contributed by atoms with Gasteiger partial charge >= 0.3 is 0 Å². The van der Waals surface area contributed by atoms with E-state index >= 15 is 0 Å². The van der Waals surface area contributed by atoms with Crippen LogP contribution >= 0.6 is 50.9 Å². The molecule has 1 aliphatic rings. The molecular weight excluding hydrogens is 483 g/mol. The predicted octanol–water partition coefficient (Wildman–Crippen LogP) is 6.91. The van der Waals surface area contributed by atoms with Gasteiger partial charge in [0.25, 0.3) is 5.91 Å². The Bertz CT molecular complexity index is 1120. The fraction of sp³-hybridized carbons (Fsp3) is 0. The lowest BCUT2D eigenvalue weighted by Gasteiger charge is -1.98. The van der Waals surface area contributed by atoms with Crippen LogP contribution in [0.1, 0.15) is 5.76 Å². The lowest BCUT2D eigenvalue weighted by Crippen LogP contribution is -2.19. The first-order valence-electron chi connectivity index (χ1n) is 8.08. The van der Waals surface area contributed by atoms with Gasteiger partial charge in [-0.1, -0.05) is 51.3 Å². The third kappa shape index (κ3) is 4.36. The van der Waals surface area contributed by atoms with Crippen LogP contribution in [0.4, 0.5) is 5.69 Å². The molecule has 0 spiro atoms. The summed E-state index contributed by atoms with van der Waals surface area (Å²) in [5.41, 5.74) is 1.56. The number of halogens is 3. The van der Waals surface area contributed by atoms with Crippen molar-refractivity contribution in [2.45, 2.75) is 0 Å². The maximum Gasteiger partial charge on any atom is 0.264 e. The molecule has 4 rings (SSSR count). The molecule has 1 aromatic heterocycles. The SMILES string of the molecule is O=C1NC(=Nc2ccc(Cl)c(Cl)c2)S/C1=C/c1ccc(-c2ccc(Br)cc2)o1. The summed E-state index contributed by atoms with van der Waals surface area (Å²) < 4.78 is 6.84. The van der Waals surface area contributed by atoms with Crippen LogP contribution in [0.2, 0.25) is 10.0 Å². The van der Waals surface area contributed by atoms with E-state index in [-0.39, 0.29) is 5.91 Å². The van der Waals surface area contributed by atoms with E-state index in [2.05, 4.69) is 26.2 Å². The lowest BCUT2D eigenvalue weighted by atomic mass is 10.2. The highest BCUT2D eigenvalue weighted by Crippen LogP contribution is 2.32. The van der Waals surface area contributed by atoms with Gasteiger partial charge in [0, 0.05) is 16.1 Å². The number of aliphatic imine (C=N–C) groups is 1. The number of benzene rings is 2. The van der Waals surface area contributed by atoms with E-state index in [1.165, 1.54) is 11.8 Å². The summed E-state index contributed by atoms with van der Waals surface area (Å²) in [5, 5.41) is 4.06. The average Bonchev–Trinajstić information content (AvgIpc) is 3.26. The number of amides is 1. The molecule has 140 valence electrons. The average molecular weight is 494 g/mol. The van der Waals surface area contributed by atoms with Crippen molar-refractivity contribution in [2.24, 2.45) is 4.99 Å². The molecule has 0 bridgehead atoms. The zero-order valence-corrected chi connectivity index (χ0v) is 18.0. The lowest BCUT2D eigenvalue weighted by molar-refractivity contribution is -0.115. The molecule has 2 heterocycles. The second kappa shape index (κ2) is 8.17. The summed E-state index contributed by atoms with van der Waals surface area (Å²) in [6.07, 6.45) is 1.69. The van der Waals surface area contributed by atoms with E-state index < -0.39 is 0 Å². The van der Waals surface area contributed by atoms with Gasteiger partial charge in [-0.05, 0) is 54.2 Å². The summed E-state index contributed by atoms with van der Waals surface area (Å²) in [4.78, 5) is 17.1. The number of rotatable bonds is 3. The van der Waals surface area contributed by atoms with Crippen LogP contribution in [-0.2, 0) is 4.79 Å². The largest absolute Gasteiger partial charge is 0.457 e. The van der Waals surface area contributed by atoms with Crippen molar-refractivity contribution in [2.75, 3.05) is 0 Å². The Kier molecular flexibility index (Phi) is 5.64. The Hall–Kier alpha value is -1.99. The molecule has 3 aromatic rings. The second-order valence-electron chi connectivity index (χ2n) is 5.79. The molecule has 0 atom stereocenters. The van der Waals surface area contributed by atoms with Crippen LogP contribution in [0.15, 0.2) is 73.4 Å². The Morgan fingerprint density at radius 2 is 1.82 bits per heavy atom. The van der Waals surface area contributed by atoms with E-state index in [1.807, 2.05) is 36.4 Å². The van der Waals surface area contributed by atoms with Crippen LogP contribution in [0, 0.1) is 0 Å².